The van der Waals surface area contributed by atoms with E-state index in [2.05, 4.69) is 25.0 Å². The SMILES string of the molecule is CC(=O)NCC1CCN(Cc2cc(Oc3ccc(N4CCN(CCC(=O)N(C)C(=O)O)CC4)nc3)nc(-c3cc(Cl)cc(Cl)c3)c2)CC1. The highest BCUT2D eigenvalue weighted by atomic mass is 35.5. The fraction of sp³-hybridized carbons (Fsp3) is 0.441. The van der Waals surface area contributed by atoms with Crippen molar-refractivity contribution in [3.63, 3.8) is 0 Å². The first kappa shape index (κ1) is 35.3. The van der Waals surface area contributed by atoms with E-state index >= 15 is 0 Å². The van der Waals surface area contributed by atoms with Crippen molar-refractivity contribution < 1.29 is 24.2 Å². The summed E-state index contributed by atoms with van der Waals surface area (Å²) in [6, 6.07) is 13.1. The van der Waals surface area contributed by atoms with Crippen LogP contribution in [0.5, 0.6) is 11.6 Å². The molecule has 0 saturated carbocycles. The zero-order chi connectivity index (χ0) is 34.2. The Morgan fingerprint density at radius 3 is 2.31 bits per heavy atom. The van der Waals surface area contributed by atoms with Gasteiger partial charge >= 0.3 is 6.09 Å². The van der Waals surface area contributed by atoms with E-state index in [1.54, 1.807) is 19.2 Å². The van der Waals surface area contributed by atoms with E-state index in [0.717, 1.165) is 87.0 Å². The number of imide groups is 1. The van der Waals surface area contributed by atoms with Crippen molar-refractivity contribution in [2.24, 2.45) is 5.92 Å². The van der Waals surface area contributed by atoms with Gasteiger partial charge in [-0.15, -0.1) is 0 Å². The first-order valence-electron chi connectivity index (χ1n) is 16.1. The topological polar surface area (TPSA) is 131 Å². The molecule has 0 atom stereocenters. The number of likely N-dealkylation sites (tertiary alicyclic amines) is 1. The molecule has 2 saturated heterocycles. The number of aromatic nitrogens is 2. The number of carbonyl (C=O) groups excluding carboxylic acids is 2. The van der Waals surface area contributed by atoms with Gasteiger partial charge in [0.25, 0.3) is 0 Å². The van der Waals surface area contributed by atoms with Crippen molar-refractivity contribution in [3.8, 4) is 22.9 Å². The average Bonchev–Trinajstić information content (AvgIpc) is 3.06. The Labute approximate surface area is 290 Å². The molecule has 2 aromatic heterocycles. The summed E-state index contributed by atoms with van der Waals surface area (Å²) < 4.78 is 6.25. The second-order valence-electron chi connectivity index (χ2n) is 12.3. The van der Waals surface area contributed by atoms with Crippen molar-refractivity contribution >= 4 is 46.9 Å². The zero-order valence-electron chi connectivity index (χ0n) is 27.2. The second kappa shape index (κ2) is 16.4. The molecular weight excluding hydrogens is 657 g/mol. The van der Waals surface area contributed by atoms with Gasteiger partial charge in [-0.2, -0.15) is 0 Å². The Balaban J connectivity index is 1.22. The molecular formula is C34H41Cl2N7O5. The van der Waals surface area contributed by atoms with Crippen molar-refractivity contribution in [2.45, 2.75) is 32.7 Å². The van der Waals surface area contributed by atoms with Gasteiger partial charge in [0.15, 0.2) is 0 Å². The van der Waals surface area contributed by atoms with Gasteiger partial charge in [0.2, 0.25) is 17.7 Å². The van der Waals surface area contributed by atoms with Crippen LogP contribution in [-0.4, -0.2) is 107 Å². The van der Waals surface area contributed by atoms with Gasteiger partial charge in [-0.05, 0) is 73.8 Å². The van der Waals surface area contributed by atoms with Crippen LogP contribution in [0.4, 0.5) is 10.6 Å². The standard InChI is InChI=1S/C34H41Cl2N7O5/c1-23(44)37-20-24-5-8-42(9-6-24)22-25-15-30(26-17-27(35)19-28(36)18-26)39-32(16-25)48-29-3-4-31(38-21-29)43-13-11-41(12-14-43)10-7-33(45)40(2)34(46)47/h3-4,15-19,21,24H,5-14,20,22H2,1-2H3,(H,37,44)(H,46,47). The number of ether oxygens (including phenoxy) is 1. The normalized spacial score (nSPS) is 16.0. The third-order valence-corrected chi connectivity index (χ3v) is 9.15. The number of rotatable bonds is 11. The number of carboxylic acid groups (broad SMARTS) is 1. The number of hydrogen-bond donors (Lipinski definition) is 2. The van der Waals surface area contributed by atoms with Crippen LogP contribution in [0.15, 0.2) is 48.7 Å². The Morgan fingerprint density at radius 1 is 0.979 bits per heavy atom. The number of piperazine rings is 1. The lowest BCUT2D eigenvalue weighted by Crippen LogP contribution is -2.47. The number of nitrogens with one attached hydrogen (secondary N) is 1. The quantitative estimate of drug-likeness (QED) is 0.274. The monoisotopic (exact) mass is 697 g/mol. The molecule has 1 aromatic carbocycles. The fourth-order valence-electron chi connectivity index (χ4n) is 5.92. The van der Waals surface area contributed by atoms with Crippen molar-refractivity contribution in [1.82, 2.24) is 30.0 Å². The smallest absolute Gasteiger partial charge is 0.413 e. The van der Waals surface area contributed by atoms with Crippen LogP contribution >= 0.6 is 23.2 Å². The summed E-state index contributed by atoms with van der Waals surface area (Å²) in [6.45, 7) is 8.31. The molecule has 14 heteroatoms. The summed E-state index contributed by atoms with van der Waals surface area (Å²) >= 11 is 12.7. The molecule has 0 bridgehead atoms. The van der Waals surface area contributed by atoms with Gasteiger partial charge in [-0.3, -0.25) is 24.3 Å². The maximum atomic E-state index is 12.0. The van der Waals surface area contributed by atoms with Gasteiger partial charge in [0, 0.05) is 87.9 Å². The van der Waals surface area contributed by atoms with Crippen LogP contribution in [0.2, 0.25) is 10.0 Å². The lowest BCUT2D eigenvalue weighted by Gasteiger charge is -2.35. The minimum absolute atomic E-state index is 0.00881. The Hall–Kier alpha value is -3.97. The minimum atomic E-state index is -1.24. The summed E-state index contributed by atoms with van der Waals surface area (Å²) in [5.41, 5.74) is 2.54. The zero-order valence-corrected chi connectivity index (χ0v) is 28.7. The van der Waals surface area contributed by atoms with Crippen LogP contribution in [-0.2, 0) is 16.1 Å². The van der Waals surface area contributed by atoms with E-state index in [-0.39, 0.29) is 12.3 Å². The van der Waals surface area contributed by atoms with Crippen LogP contribution in [0.3, 0.4) is 0 Å². The number of nitrogens with zero attached hydrogens (tertiary/aromatic N) is 6. The molecule has 12 nitrogen and oxygen atoms in total. The Morgan fingerprint density at radius 2 is 1.69 bits per heavy atom. The number of hydrogen-bond acceptors (Lipinski definition) is 9. The Kier molecular flexibility index (Phi) is 12.1. The van der Waals surface area contributed by atoms with Crippen LogP contribution in [0.1, 0.15) is 31.7 Å². The first-order chi connectivity index (χ1) is 23.0. The van der Waals surface area contributed by atoms with Gasteiger partial charge in [0.1, 0.15) is 11.6 Å². The molecule has 3 aromatic rings. The predicted octanol–water partition coefficient (Wildman–Crippen LogP) is 5.24. The highest BCUT2D eigenvalue weighted by Gasteiger charge is 2.22. The number of benzene rings is 1. The highest BCUT2D eigenvalue weighted by Crippen LogP contribution is 2.31. The molecule has 256 valence electrons. The summed E-state index contributed by atoms with van der Waals surface area (Å²) in [5, 5.41) is 13.0. The molecule has 2 aliphatic heterocycles. The summed E-state index contributed by atoms with van der Waals surface area (Å²) in [7, 11) is 1.27. The number of pyridine rings is 2. The fourth-order valence-corrected chi connectivity index (χ4v) is 6.44. The van der Waals surface area contributed by atoms with Gasteiger partial charge < -0.3 is 20.1 Å². The molecule has 0 aliphatic carbocycles. The largest absolute Gasteiger partial charge is 0.465 e. The molecule has 0 spiro atoms. The van der Waals surface area contributed by atoms with Crippen LogP contribution in [0, 0.1) is 5.92 Å². The lowest BCUT2D eigenvalue weighted by atomic mass is 9.96. The van der Waals surface area contributed by atoms with E-state index in [0.29, 0.717) is 39.8 Å². The van der Waals surface area contributed by atoms with Gasteiger partial charge in [-0.25, -0.2) is 14.8 Å². The van der Waals surface area contributed by atoms with Crippen LogP contribution in [0.25, 0.3) is 11.3 Å². The van der Waals surface area contributed by atoms with Crippen molar-refractivity contribution in [3.05, 3.63) is 64.3 Å². The molecule has 3 amide bonds. The van der Waals surface area contributed by atoms with Gasteiger partial charge in [-0.1, -0.05) is 23.2 Å². The van der Waals surface area contributed by atoms with E-state index in [1.165, 1.54) is 7.05 Å². The number of anilines is 1. The number of halogens is 2. The second-order valence-corrected chi connectivity index (χ2v) is 13.2. The van der Waals surface area contributed by atoms with E-state index in [4.69, 9.17) is 38.0 Å². The maximum absolute atomic E-state index is 12.0. The summed E-state index contributed by atoms with van der Waals surface area (Å²) in [5.74, 6) is 1.89. The maximum Gasteiger partial charge on any atom is 0.413 e. The third kappa shape index (κ3) is 10.0. The number of piperidine rings is 1. The summed E-state index contributed by atoms with van der Waals surface area (Å²) in [6.07, 6.45) is 2.63. The minimum Gasteiger partial charge on any atom is -0.465 e. The third-order valence-electron chi connectivity index (χ3n) is 8.72. The number of amides is 3. The molecule has 4 heterocycles. The van der Waals surface area contributed by atoms with E-state index in [1.807, 2.05) is 36.4 Å². The molecule has 2 aliphatic rings. The lowest BCUT2D eigenvalue weighted by molar-refractivity contribution is -0.128. The van der Waals surface area contributed by atoms with Crippen molar-refractivity contribution in [1.29, 1.82) is 0 Å². The highest BCUT2D eigenvalue weighted by molar-refractivity contribution is 6.35. The molecule has 48 heavy (non-hydrogen) atoms. The molecule has 0 unspecified atom stereocenters. The molecule has 2 fully saturated rings. The molecule has 2 N–H and O–H groups in total. The molecule has 5 rings (SSSR count). The first-order valence-corrected chi connectivity index (χ1v) is 16.8. The van der Waals surface area contributed by atoms with Crippen LogP contribution < -0.4 is 15.0 Å². The Bertz CT molecular complexity index is 1570. The number of carbonyl (C=O) groups is 3. The molecule has 0 radical (unpaired) electrons. The van der Waals surface area contributed by atoms with E-state index in [9.17, 15) is 14.4 Å². The predicted molar refractivity (Wildman–Crippen MR) is 185 cm³/mol. The van der Waals surface area contributed by atoms with E-state index < -0.39 is 12.0 Å². The average molecular weight is 699 g/mol. The van der Waals surface area contributed by atoms with Crippen molar-refractivity contribution in [2.75, 3.05) is 64.3 Å². The van der Waals surface area contributed by atoms with Gasteiger partial charge in [0.05, 0.1) is 11.9 Å². The summed E-state index contributed by atoms with van der Waals surface area (Å²) in [4.78, 5) is 51.2.